The van der Waals surface area contributed by atoms with Crippen LogP contribution in [-0.4, -0.2) is 30.3 Å². The van der Waals surface area contributed by atoms with E-state index in [1.807, 2.05) is 49.4 Å². The fraction of sp³-hybridized carbons (Fsp3) is 0.333. The highest BCUT2D eigenvalue weighted by atomic mass is 32.2. The smallest absolute Gasteiger partial charge is 0.256 e. The Labute approximate surface area is 163 Å². The van der Waals surface area contributed by atoms with E-state index < -0.39 is 0 Å². The fourth-order valence-corrected chi connectivity index (χ4v) is 4.14. The Hall–Kier alpha value is -2.31. The van der Waals surface area contributed by atoms with Gasteiger partial charge in [-0.1, -0.05) is 18.2 Å². The quantitative estimate of drug-likeness (QED) is 0.721. The SMILES string of the molecule is CC(=O)Nc1cccc(NC(=O)c2ccccc2SCC2CCCO2)c1C. The van der Waals surface area contributed by atoms with Crippen molar-refractivity contribution in [2.24, 2.45) is 0 Å². The topological polar surface area (TPSA) is 67.4 Å². The van der Waals surface area contributed by atoms with E-state index in [9.17, 15) is 9.59 Å². The second kappa shape index (κ2) is 9.06. The van der Waals surface area contributed by atoms with E-state index in [1.54, 1.807) is 11.8 Å². The third kappa shape index (κ3) is 5.11. The Morgan fingerprint density at radius 1 is 1.11 bits per heavy atom. The van der Waals surface area contributed by atoms with Crippen molar-refractivity contribution in [2.45, 2.75) is 37.7 Å². The van der Waals surface area contributed by atoms with Gasteiger partial charge in [-0.05, 0) is 49.6 Å². The Morgan fingerprint density at radius 2 is 1.85 bits per heavy atom. The van der Waals surface area contributed by atoms with Gasteiger partial charge in [0.15, 0.2) is 0 Å². The van der Waals surface area contributed by atoms with Crippen LogP contribution in [0.1, 0.15) is 35.7 Å². The maximum absolute atomic E-state index is 12.9. The summed E-state index contributed by atoms with van der Waals surface area (Å²) in [6.45, 7) is 4.17. The molecule has 0 aliphatic carbocycles. The normalized spacial score (nSPS) is 16.1. The average molecular weight is 385 g/mol. The van der Waals surface area contributed by atoms with Crippen molar-refractivity contribution in [1.29, 1.82) is 0 Å². The van der Waals surface area contributed by atoms with Gasteiger partial charge in [0.25, 0.3) is 5.91 Å². The molecule has 1 atom stereocenters. The summed E-state index contributed by atoms with van der Waals surface area (Å²) in [6, 6.07) is 13.1. The number of hydrogen-bond acceptors (Lipinski definition) is 4. The maximum Gasteiger partial charge on any atom is 0.256 e. The van der Waals surface area contributed by atoms with Crippen LogP contribution in [-0.2, 0) is 9.53 Å². The first-order chi connectivity index (χ1) is 13.0. The molecule has 3 rings (SSSR count). The van der Waals surface area contributed by atoms with Gasteiger partial charge in [-0.25, -0.2) is 0 Å². The fourth-order valence-electron chi connectivity index (χ4n) is 3.02. The third-order valence-electron chi connectivity index (χ3n) is 4.47. The lowest BCUT2D eigenvalue weighted by atomic mass is 10.1. The van der Waals surface area contributed by atoms with E-state index in [-0.39, 0.29) is 17.9 Å². The van der Waals surface area contributed by atoms with Gasteiger partial charge in [0.1, 0.15) is 0 Å². The number of thioether (sulfide) groups is 1. The minimum Gasteiger partial charge on any atom is -0.377 e. The number of anilines is 2. The van der Waals surface area contributed by atoms with Crippen LogP contribution in [0.5, 0.6) is 0 Å². The number of amides is 2. The number of hydrogen-bond donors (Lipinski definition) is 2. The minimum absolute atomic E-state index is 0.141. The van der Waals surface area contributed by atoms with Crippen molar-refractivity contribution in [3.05, 3.63) is 53.6 Å². The van der Waals surface area contributed by atoms with Crippen molar-refractivity contribution in [3.63, 3.8) is 0 Å². The molecular weight excluding hydrogens is 360 g/mol. The van der Waals surface area contributed by atoms with E-state index in [0.717, 1.165) is 35.7 Å². The van der Waals surface area contributed by atoms with E-state index in [0.29, 0.717) is 16.9 Å². The molecule has 5 nitrogen and oxygen atoms in total. The van der Waals surface area contributed by atoms with Gasteiger partial charge in [0.2, 0.25) is 5.91 Å². The van der Waals surface area contributed by atoms with Gasteiger partial charge < -0.3 is 15.4 Å². The Bertz CT molecular complexity index is 832. The second-order valence-electron chi connectivity index (χ2n) is 6.56. The highest BCUT2D eigenvalue weighted by Crippen LogP contribution is 2.28. The zero-order valence-corrected chi connectivity index (χ0v) is 16.4. The van der Waals surface area contributed by atoms with Crippen molar-refractivity contribution >= 4 is 35.0 Å². The monoisotopic (exact) mass is 384 g/mol. The van der Waals surface area contributed by atoms with Crippen molar-refractivity contribution in [1.82, 2.24) is 0 Å². The van der Waals surface area contributed by atoms with Gasteiger partial charge in [-0.3, -0.25) is 9.59 Å². The first kappa shape index (κ1) is 19.5. The molecule has 1 fully saturated rings. The summed E-state index contributed by atoms with van der Waals surface area (Å²) < 4.78 is 5.68. The molecule has 6 heteroatoms. The molecule has 1 aliphatic heterocycles. The van der Waals surface area contributed by atoms with Gasteiger partial charge in [0.05, 0.1) is 11.7 Å². The zero-order chi connectivity index (χ0) is 19.2. The summed E-state index contributed by atoms with van der Waals surface area (Å²) in [7, 11) is 0. The highest BCUT2D eigenvalue weighted by Gasteiger charge is 2.18. The predicted octanol–water partition coefficient (Wildman–Crippen LogP) is 4.48. The summed E-state index contributed by atoms with van der Waals surface area (Å²) in [5.41, 5.74) is 2.85. The molecule has 2 N–H and O–H groups in total. The Balaban J connectivity index is 1.73. The molecule has 0 bridgehead atoms. The van der Waals surface area contributed by atoms with Crippen LogP contribution in [0.25, 0.3) is 0 Å². The van der Waals surface area contributed by atoms with Crippen molar-refractivity contribution < 1.29 is 14.3 Å². The zero-order valence-electron chi connectivity index (χ0n) is 15.6. The third-order valence-corrected chi connectivity index (χ3v) is 5.68. The second-order valence-corrected chi connectivity index (χ2v) is 7.62. The number of rotatable bonds is 6. The highest BCUT2D eigenvalue weighted by molar-refractivity contribution is 7.99. The standard InChI is InChI=1S/C21H24N2O3S/c1-14-18(22-15(2)24)9-5-10-19(14)23-21(25)17-8-3-4-11-20(17)27-13-16-7-6-12-26-16/h3-5,8-11,16H,6-7,12-13H2,1-2H3,(H,22,24)(H,23,25). The van der Waals surface area contributed by atoms with E-state index in [1.165, 1.54) is 6.92 Å². The van der Waals surface area contributed by atoms with Crippen molar-refractivity contribution in [3.8, 4) is 0 Å². The van der Waals surface area contributed by atoms with Gasteiger partial charge >= 0.3 is 0 Å². The first-order valence-corrected chi connectivity index (χ1v) is 10.0. The summed E-state index contributed by atoms with van der Waals surface area (Å²) >= 11 is 1.66. The lowest BCUT2D eigenvalue weighted by Gasteiger charge is -2.15. The van der Waals surface area contributed by atoms with E-state index >= 15 is 0 Å². The van der Waals surface area contributed by atoms with Gasteiger partial charge in [-0.15, -0.1) is 11.8 Å². The molecule has 0 radical (unpaired) electrons. The summed E-state index contributed by atoms with van der Waals surface area (Å²) in [6.07, 6.45) is 2.45. The van der Waals surface area contributed by atoms with Crippen LogP contribution in [0.2, 0.25) is 0 Å². The predicted molar refractivity (Wildman–Crippen MR) is 110 cm³/mol. The molecule has 142 valence electrons. The summed E-state index contributed by atoms with van der Waals surface area (Å²) in [5, 5.41) is 5.75. The lowest BCUT2D eigenvalue weighted by Crippen LogP contribution is -2.15. The van der Waals surface area contributed by atoms with E-state index in [2.05, 4.69) is 10.6 Å². The molecule has 2 aromatic carbocycles. The largest absolute Gasteiger partial charge is 0.377 e. The molecule has 2 aromatic rings. The molecule has 1 saturated heterocycles. The molecular formula is C21H24N2O3S. The summed E-state index contributed by atoms with van der Waals surface area (Å²) in [5.74, 6) is 0.549. The number of carbonyl (C=O) groups is 2. The van der Waals surface area contributed by atoms with Crippen LogP contribution in [0.3, 0.4) is 0 Å². The molecule has 1 aliphatic rings. The number of carbonyl (C=O) groups excluding carboxylic acids is 2. The summed E-state index contributed by atoms with van der Waals surface area (Å²) in [4.78, 5) is 25.2. The van der Waals surface area contributed by atoms with Gasteiger partial charge in [0, 0.05) is 35.6 Å². The molecule has 0 spiro atoms. The van der Waals surface area contributed by atoms with Crippen LogP contribution in [0, 0.1) is 6.92 Å². The number of ether oxygens (including phenoxy) is 1. The Morgan fingerprint density at radius 3 is 2.56 bits per heavy atom. The van der Waals surface area contributed by atoms with Crippen LogP contribution in [0.4, 0.5) is 11.4 Å². The van der Waals surface area contributed by atoms with Gasteiger partial charge in [-0.2, -0.15) is 0 Å². The molecule has 0 saturated carbocycles. The number of nitrogens with one attached hydrogen (secondary N) is 2. The van der Waals surface area contributed by atoms with Crippen LogP contribution in [0.15, 0.2) is 47.4 Å². The lowest BCUT2D eigenvalue weighted by molar-refractivity contribution is -0.114. The first-order valence-electron chi connectivity index (χ1n) is 9.06. The minimum atomic E-state index is -0.159. The van der Waals surface area contributed by atoms with Crippen molar-refractivity contribution in [2.75, 3.05) is 23.0 Å². The molecule has 27 heavy (non-hydrogen) atoms. The average Bonchev–Trinajstić information content (AvgIpc) is 3.17. The maximum atomic E-state index is 12.9. The molecule has 1 heterocycles. The molecule has 0 aromatic heterocycles. The van der Waals surface area contributed by atoms with E-state index in [4.69, 9.17) is 4.74 Å². The Kier molecular flexibility index (Phi) is 6.53. The molecule has 1 unspecified atom stereocenters. The van der Waals surface area contributed by atoms with Crippen LogP contribution >= 0.6 is 11.8 Å². The number of benzene rings is 2. The molecule has 2 amide bonds. The van der Waals surface area contributed by atoms with Crippen LogP contribution < -0.4 is 10.6 Å².